The molecular weight excluding hydrogens is 263 g/mol. The van der Waals surface area contributed by atoms with E-state index in [1.54, 1.807) is 12.1 Å². The molecule has 1 N–H and O–H groups in total. The fourth-order valence-electron chi connectivity index (χ4n) is 1.38. The van der Waals surface area contributed by atoms with Gasteiger partial charge in [-0.2, -0.15) is 0 Å². The summed E-state index contributed by atoms with van der Waals surface area (Å²) in [5, 5.41) is 3.06. The van der Waals surface area contributed by atoms with Gasteiger partial charge in [0.2, 0.25) is 5.91 Å². The molecule has 1 amide bonds. The van der Waals surface area contributed by atoms with Crippen molar-refractivity contribution < 1.29 is 9.18 Å². The van der Waals surface area contributed by atoms with E-state index in [1.165, 1.54) is 17.4 Å². The molecule has 0 aliphatic rings. The average Bonchev–Trinajstić information content (AvgIpc) is 2.70. The zero-order valence-corrected chi connectivity index (χ0v) is 10.4. The summed E-state index contributed by atoms with van der Waals surface area (Å²) in [7, 11) is 0. The maximum Gasteiger partial charge on any atom is 0.226 e. The highest BCUT2D eigenvalue weighted by Crippen LogP contribution is 2.27. The zero-order valence-electron chi connectivity index (χ0n) is 8.87. The second kappa shape index (κ2) is 5.42. The number of amides is 1. The van der Waals surface area contributed by atoms with Gasteiger partial charge in [0.05, 0.1) is 4.70 Å². The minimum absolute atomic E-state index is 0.148. The van der Waals surface area contributed by atoms with E-state index in [9.17, 15) is 9.18 Å². The van der Waals surface area contributed by atoms with Crippen LogP contribution < -0.4 is 5.32 Å². The van der Waals surface area contributed by atoms with Gasteiger partial charge in [-0.3, -0.25) is 4.79 Å². The molecule has 0 saturated heterocycles. The summed E-state index contributed by atoms with van der Waals surface area (Å²) >= 11 is 6.75. The molecule has 0 aliphatic carbocycles. The lowest BCUT2D eigenvalue weighted by Crippen LogP contribution is -2.10. The van der Waals surface area contributed by atoms with Crippen LogP contribution in [0.2, 0.25) is 0 Å². The molecule has 1 heterocycles. The van der Waals surface area contributed by atoms with Crippen molar-refractivity contribution in [3.05, 3.63) is 24.0 Å². The van der Waals surface area contributed by atoms with Crippen LogP contribution in [-0.4, -0.2) is 16.8 Å². The van der Waals surface area contributed by atoms with E-state index < -0.39 is 0 Å². The Kier molecular flexibility index (Phi) is 3.91. The summed E-state index contributed by atoms with van der Waals surface area (Å²) in [4.78, 5) is 15.5. The van der Waals surface area contributed by atoms with Gasteiger partial charge in [-0.15, -0.1) is 11.6 Å². The van der Waals surface area contributed by atoms with Crippen molar-refractivity contribution in [3.8, 4) is 0 Å². The molecule has 2 rings (SSSR count). The second-order valence-electron chi connectivity index (χ2n) is 3.45. The quantitative estimate of drug-likeness (QED) is 0.867. The number of halogens is 2. The normalized spacial score (nSPS) is 10.7. The van der Waals surface area contributed by atoms with Crippen LogP contribution in [0, 0.1) is 5.82 Å². The number of para-hydroxylation sites is 1. The first-order valence-corrected chi connectivity index (χ1v) is 6.46. The first kappa shape index (κ1) is 12.3. The topological polar surface area (TPSA) is 42.0 Å². The van der Waals surface area contributed by atoms with E-state index in [0.29, 0.717) is 29.4 Å². The van der Waals surface area contributed by atoms with Crippen LogP contribution in [0.3, 0.4) is 0 Å². The molecule has 1 aromatic carbocycles. The highest BCUT2D eigenvalue weighted by atomic mass is 35.5. The highest BCUT2D eigenvalue weighted by molar-refractivity contribution is 7.22. The van der Waals surface area contributed by atoms with Crippen molar-refractivity contribution in [1.29, 1.82) is 0 Å². The molecule has 0 aliphatic heterocycles. The maximum absolute atomic E-state index is 13.4. The maximum atomic E-state index is 13.4. The van der Waals surface area contributed by atoms with E-state index >= 15 is 0 Å². The molecule has 0 saturated carbocycles. The summed E-state index contributed by atoms with van der Waals surface area (Å²) in [5.74, 6) is -0.0767. The minimum Gasteiger partial charge on any atom is -0.302 e. The van der Waals surface area contributed by atoms with Gasteiger partial charge in [0.1, 0.15) is 11.3 Å². The Morgan fingerprint density at radius 2 is 2.35 bits per heavy atom. The van der Waals surface area contributed by atoms with Crippen LogP contribution >= 0.6 is 22.9 Å². The van der Waals surface area contributed by atoms with Gasteiger partial charge in [-0.1, -0.05) is 17.4 Å². The third-order valence-electron chi connectivity index (χ3n) is 2.15. The first-order chi connectivity index (χ1) is 8.20. The molecule has 0 unspecified atom stereocenters. The highest BCUT2D eigenvalue weighted by Gasteiger charge is 2.09. The van der Waals surface area contributed by atoms with Crippen LogP contribution in [-0.2, 0) is 4.79 Å². The van der Waals surface area contributed by atoms with Crippen LogP contribution in [0.5, 0.6) is 0 Å². The van der Waals surface area contributed by atoms with Gasteiger partial charge < -0.3 is 5.32 Å². The van der Waals surface area contributed by atoms with Gasteiger partial charge in [-0.25, -0.2) is 9.37 Å². The smallest absolute Gasteiger partial charge is 0.226 e. The standard InChI is InChI=1S/C11H10ClFN2OS/c12-6-2-5-9(16)14-11-15-10-7(13)3-1-4-8(10)17-11/h1,3-4H,2,5-6H2,(H,14,15,16). The number of nitrogens with one attached hydrogen (secondary N) is 1. The number of alkyl halides is 1. The fourth-order valence-corrected chi connectivity index (χ4v) is 2.41. The predicted molar refractivity (Wildman–Crippen MR) is 68.2 cm³/mol. The first-order valence-electron chi connectivity index (χ1n) is 5.11. The number of hydrogen-bond donors (Lipinski definition) is 1. The molecule has 0 spiro atoms. The molecule has 0 fully saturated rings. The van der Waals surface area contributed by atoms with Crippen molar-refractivity contribution in [2.45, 2.75) is 12.8 Å². The Labute approximate surface area is 107 Å². The third-order valence-corrected chi connectivity index (χ3v) is 3.36. The summed E-state index contributed by atoms with van der Waals surface area (Å²) < 4.78 is 14.1. The molecular formula is C11H10ClFN2OS. The van der Waals surface area contributed by atoms with Crippen LogP contribution in [0.4, 0.5) is 9.52 Å². The fraction of sp³-hybridized carbons (Fsp3) is 0.273. The largest absolute Gasteiger partial charge is 0.302 e. The van der Waals surface area contributed by atoms with Crippen molar-refractivity contribution in [3.63, 3.8) is 0 Å². The molecule has 2 aromatic rings. The SMILES string of the molecule is O=C(CCCCl)Nc1nc2c(F)cccc2s1. The van der Waals surface area contributed by atoms with Gasteiger partial charge in [-0.05, 0) is 18.6 Å². The molecule has 0 bridgehead atoms. The summed E-state index contributed by atoms with van der Waals surface area (Å²) in [5.41, 5.74) is 0.296. The van der Waals surface area contributed by atoms with E-state index in [2.05, 4.69) is 10.3 Å². The van der Waals surface area contributed by atoms with Crippen molar-refractivity contribution in [1.82, 2.24) is 4.98 Å². The zero-order chi connectivity index (χ0) is 12.3. The number of anilines is 1. The van der Waals surface area contributed by atoms with Gasteiger partial charge >= 0.3 is 0 Å². The number of benzene rings is 1. The van der Waals surface area contributed by atoms with E-state index in [4.69, 9.17) is 11.6 Å². The van der Waals surface area contributed by atoms with Crippen molar-refractivity contribution in [2.75, 3.05) is 11.2 Å². The predicted octanol–water partition coefficient (Wildman–Crippen LogP) is 3.39. The van der Waals surface area contributed by atoms with E-state index in [0.717, 1.165) is 4.70 Å². The van der Waals surface area contributed by atoms with Gasteiger partial charge in [0, 0.05) is 12.3 Å². The number of fused-ring (bicyclic) bond motifs is 1. The molecule has 17 heavy (non-hydrogen) atoms. The lowest BCUT2D eigenvalue weighted by molar-refractivity contribution is -0.116. The molecule has 1 aromatic heterocycles. The summed E-state index contributed by atoms with van der Waals surface area (Å²) in [6.07, 6.45) is 0.967. The number of rotatable bonds is 4. The van der Waals surface area contributed by atoms with Crippen LogP contribution in [0.15, 0.2) is 18.2 Å². The number of carbonyl (C=O) groups is 1. The van der Waals surface area contributed by atoms with E-state index in [-0.39, 0.29) is 11.7 Å². The molecule has 90 valence electrons. The number of aromatic nitrogens is 1. The molecule has 0 radical (unpaired) electrons. The second-order valence-corrected chi connectivity index (χ2v) is 4.85. The van der Waals surface area contributed by atoms with Crippen LogP contribution in [0.25, 0.3) is 10.2 Å². The molecule has 0 atom stereocenters. The Morgan fingerprint density at radius 1 is 1.53 bits per heavy atom. The molecule has 3 nitrogen and oxygen atoms in total. The third kappa shape index (κ3) is 2.92. The van der Waals surface area contributed by atoms with Gasteiger partial charge in [0.15, 0.2) is 5.13 Å². The number of hydrogen-bond acceptors (Lipinski definition) is 3. The van der Waals surface area contributed by atoms with Crippen molar-refractivity contribution >= 4 is 44.2 Å². The average molecular weight is 273 g/mol. The Balaban J connectivity index is 2.14. The van der Waals surface area contributed by atoms with Crippen molar-refractivity contribution in [2.24, 2.45) is 0 Å². The van der Waals surface area contributed by atoms with Crippen LogP contribution in [0.1, 0.15) is 12.8 Å². The number of nitrogens with zero attached hydrogens (tertiary/aromatic N) is 1. The Morgan fingerprint density at radius 3 is 3.06 bits per heavy atom. The van der Waals surface area contributed by atoms with Gasteiger partial charge in [0.25, 0.3) is 0 Å². The minimum atomic E-state index is -0.375. The Bertz CT molecular complexity index is 543. The molecule has 6 heteroatoms. The summed E-state index contributed by atoms with van der Waals surface area (Å²) in [6, 6.07) is 4.74. The monoisotopic (exact) mass is 272 g/mol. The number of thiazole rings is 1. The Hall–Kier alpha value is -1.20. The summed E-state index contributed by atoms with van der Waals surface area (Å²) in [6.45, 7) is 0. The van der Waals surface area contributed by atoms with E-state index in [1.807, 2.05) is 0 Å². The number of carbonyl (C=O) groups excluding carboxylic acids is 1. The lowest BCUT2D eigenvalue weighted by atomic mass is 10.3. The lowest BCUT2D eigenvalue weighted by Gasteiger charge is -1.98.